The first-order valence-electron chi connectivity index (χ1n) is 4.77. The van der Waals surface area contributed by atoms with Gasteiger partial charge >= 0.3 is 0 Å². The summed E-state index contributed by atoms with van der Waals surface area (Å²) in [5, 5.41) is 0. The molecule has 1 aromatic carbocycles. The Bertz CT molecular complexity index is 352. The summed E-state index contributed by atoms with van der Waals surface area (Å²) in [6.45, 7) is 2.31. The van der Waals surface area contributed by atoms with E-state index in [0.29, 0.717) is 12.4 Å². The Kier molecular flexibility index (Phi) is 3.58. The molecule has 0 saturated heterocycles. The van der Waals surface area contributed by atoms with E-state index >= 15 is 0 Å². The largest absolute Gasteiger partial charge is 0.489 e. The number of benzene rings is 1. The van der Waals surface area contributed by atoms with Crippen LogP contribution in [0.15, 0.2) is 18.2 Å². The number of hydrogen-bond donors (Lipinski definition) is 1. The molecule has 0 aliphatic heterocycles. The molecule has 0 atom stereocenters. The molecular formula is C11H15ClFNO. The molecule has 1 aromatic rings. The van der Waals surface area contributed by atoms with Gasteiger partial charge in [0.1, 0.15) is 6.61 Å². The topological polar surface area (TPSA) is 35.2 Å². The van der Waals surface area contributed by atoms with Crippen LogP contribution in [0.1, 0.15) is 18.4 Å². The van der Waals surface area contributed by atoms with Crippen molar-refractivity contribution in [1.82, 2.24) is 0 Å². The van der Waals surface area contributed by atoms with Crippen LogP contribution in [-0.2, 0) is 0 Å². The number of nitrogens with two attached hydrogens (primary N) is 1. The maximum Gasteiger partial charge on any atom is 0.165 e. The van der Waals surface area contributed by atoms with Crippen LogP contribution in [0.2, 0.25) is 0 Å². The van der Waals surface area contributed by atoms with E-state index in [1.807, 2.05) is 6.92 Å². The highest BCUT2D eigenvalue weighted by Gasteiger charge is 2.39. The highest BCUT2D eigenvalue weighted by atomic mass is 35.5. The van der Waals surface area contributed by atoms with Gasteiger partial charge in [-0.05, 0) is 37.5 Å². The van der Waals surface area contributed by atoms with Crippen LogP contribution < -0.4 is 10.5 Å². The number of ether oxygens (including phenoxy) is 1. The minimum Gasteiger partial charge on any atom is -0.489 e. The number of rotatable bonds is 3. The van der Waals surface area contributed by atoms with Crippen LogP contribution in [0.5, 0.6) is 5.75 Å². The normalized spacial score (nSPS) is 16.7. The van der Waals surface area contributed by atoms with E-state index in [1.54, 1.807) is 12.1 Å². The van der Waals surface area contributed by atoms with E-state index in [0.717, 1.165) is 18.4 Å². The Hall–Kier alpha value is -0.800. The summed E-state index contributed by atoms with van der Waals surface area (Å²) in [5.74, 6) is -0.0124. The first-order valence-corrected chi connectivity index (χ1v) is 4.77. The molecule has 15 heavy (non-hydrogen) atoms. The van der Waals surface area contributed by atoms with Crippen LogP contribution >= 0.6 is 12.4 Å². The summed E-state index contributed by atoms with van der Waals surface area (Å²) in [4.78, 5) is 0. The van der Waals surface area contributed by atoms with Crippen molar-refractivity contribution < 1.29 is 9.13 Å². The molecule has 1 aliphatic carbocycles. The highest BCUT2D eigenvalue weighted by molar-refractivity contribution is 5.85. The third-order valence-electron chi connectivity index (χ3n) is 2.49. The molecule has 0 aromatic heterocycles. The Labute approximate surface area is 95.0 Å². The molecule has 1 saturated carbocycles. The summed E-state index contributed by atoms with van der Waals surface area (Å²) < 4.78 is 18.5. The van der Waals surface area contributed by atoms with Crippen molar-refractivity contribution in [1.29, 1.82) is 0 Å². The summed E-state index contributed by atoms with van der Waals surface area (Å²) >= 11 is 0. The van der Waals surface area contributed by atoms with Crippen molar-refractivity contribution in [2.75, 3.05) is 6.61 Å². The summed E-state index contributed by atoms with van der Waals surface area (Å²) in [6.07, 6.45) is 1.95. The highest BCUT2D eigenvalue weighted by Crippen LogP contribution is 2.33. The molecule has 4 heteroatoms. The number of hydrogen-bond acceptors (Lipinski definition) is 2. The van der Waals surface area contributed by atoms with E-state index in [1.165, 1.54) is 6.07 Å². The van der Waals surface area contributed by atoms with Gasteiger partial charge in [0.05, 0.1) is 5.54 Å². The Morgan fingerprint density at radius 2 is 2.13 bits per heavy atom. The van der Waals surface area contributed by atoms with Gasteiger partial charge in [0, 0.05) is 0 Å². The molecule has 2 nitrogen and oxygen atoms in total. The summed E-state index contributed by atoms with van der Waals surface area (Å²) in [6, 6.07) is 4.83. The quantitative estimate of drug-likeness (QED) is 0.867. The van der Waals surface area contributed by atoms with Crippen molar-refractivity contribution in [3.63, 3.8) is 0 Å². The lowest BCUT2D eigenvalue weighted by Crippen LogP contribution is -2.29. The Balaban J connectivity index is 0.00000112. The lowest BCUT2D eigenvalue weighted by atomic mass is 10.2. The average Bonchev–Trinajstić information content (AvgIpc) is 2.87. The second-order valence-corrected chi connectivity index (χ2v) is 4.08. The molecule has 0 heterocycles. The minimum absolute atomic E-state index is 0. The van der Waals surface area contributed by atoms with Gasteiger partial charge in [-0.3, -0.25) is 0 Å². The number of halogens is 2. The molecule has 0 bridgehead atoms. The zero-order valence-electron chi connectivity index (χ0n) is 8.63. The fourth-order valence-electron chi connectivity index (χ4n) is 1.25. The molecule has 1 aliphatic rings. The van der Waals surface area contributed by atoms with E-state index in [9.17, 15) is 4.39 Å². The molecule has 1 fully saturated rings. The van der Waals surface area contributed by atoms with Gasteiger partial charge in [-0.1, -0.05) is 6.07 Å². The zero-order valence-corrected chi connectivity index (χ0v) is 9.44. The summed E-state index contributed by atoms with van der Waals surface area (Å²) in [5.41, 5.74) is 6.63. The van der Waals surface area contributed by atoms with Gasteiger partial charge in [-0.25, -0.2) is 4.39 Å². The maximum atomic E-state index is 13.2. The fraction of sp³-hybridized carbons (Fsp3) is 0.455. The Morgan fingerprint density at radius 3 is 2.73 bits per heavy atom. The molecule has 84 valence electrons. The molecule has 0 unspecified atom stereocenters. The van der Waals surface area contributed by atoms with Crippen LogP contribution in [0.4, 0.5) is 4.39 Å². The molecule has 0 amide bonds. The molecule has 2 rings (SSSR count). The van der Waals surface area contributed by atoms with Crippen LogP contribution in [0.3, 0.4) is 0 Å². The van der Waals surface area contributed by atoms with Gasteiger partial charge in [0.25, 0.3) is 0 Å². The predicted molar refractivity (Wildman–Crippen MR) is 60.0 cm³/mol. The van der Waals surface area contributed by atoms with Crippen LogP contribution in [0.25, 0.3) is 0 Å². The SMILES string of the molecule is Cc1ccc(F)c(OCC2(N)CC2)c1.Cl. The minimum atomic E-state index is -0.320. The lowest BCUT2D eigenvalue weighted by Gasteiger charge is -2.11. The van der Waals surface area contributed by atoms with Crippen LogP contribution in [0, 0.1) is 12.7 Å². The number of aryl methyl sites for hydroxylation is 1. The Morgan fingerprint density at radius 1 is 1.47 bits per heavy atom. The third kappa shape index (κ3) is 3.08. The molecule has 2 N–H and O–H groups in total. The van der Waals surface area contributed by atoms with Crippen molar-refractivity contribution in [2.24, 2.45) is 5.73 Å². The first-order chi connectivity index (χ1) is 6.59. The second kappa shape index (κ2) is 4.37. The molecule has 0 radical (unpaired) electrons. The van der Waals surface area contributed by atoms with Gasteiger partial charge in [0.2, 0.25) is 0 Å². The van der Waals surface area contributed by atoms with Gasteiger partial charge in [-0.2, -0.15) is 0 Å². The van der Waals surface area contributed by atoms with Crippen molar-refractivity contribution in [3.8, 4) is 5.75 Å². The third-order valence-corrected chi connectivity index (χ3v) is 2.49. The van der Waals surface area contributed by atoms with E-state index in [-0.39, 0.29) is 23.8 Å². The average molecular weight is 232 g/mol. The van der Waals surface area contributed by atoms with Crippen molar-refractivity contribution in [2.45, 2.75) is 25.3 Å². The second-order valence-electron chi connectivity index (χ2n) is 4.08. The van der Waals surface area contributed by atoms with Gasteiger partial charge in [-0.15, -0.1) is 12.4 Å². The predicted octanol–water partition coefficient (Wildman–Crippen LogP) is 2.43. The van der Waals surface area contributed by atoms with E-state index in [4.69, 9.17) is 10.5 Å². The zero-order chi connectivity index (χ0) is 10.2. The standard InChI is InChI=1S/C11H14FNO.ClH/c1-8-2-3-9(12)10(6-8)14-7-11(13)4-5-11;/h2-3,6H,4-5,7,13H2,1H3;1H. The molecule has 0 spiro atoms. The molecular weight excluding hydrogens is 217 g/mol. The van der Waals surface area contributed by atoms with Crippen LogP contribution in [-0.4, -0.2) is 12.1 Å². The van der Waals surface area contributed by atoms with E-state index < -0.39 is 0 Å². The van der Waals surface area contributed by atoms with Crippen molar-refractivity contribution in [3.05, 3.63) is 29.6 Å². The fourth-order valence-corrected chi connectivity index (χ4v) is 1.25. The van der Waals surface area contributed by atoms with Gasteiger partial charge < -0.3 is 10.5 Å². The first kappa shape index (κ1) is 12.3. The monoisotopic (exact) mass is 231 g/mol. The maximum absolute atomic E-state index is 13.2. The summed E-state index contributed by atoms with van der Waals surface area (Å²) in [7, 11) is 0. The smallest absolute Gasteiger partial charge is 0.165 e. The lowest BCUT2D eigenvalue weighted by molar-refractivity contribution is 0.267. The van der Waals surface area contributed by atoms with E-state index in [2.05, 4.69) is 0 Å². The van der Waals surface area contributed by atoms with Gasteiger partial charge in [0.15, 0.2) is 11.6 Å². The van der Waals surface area contributed by atoms with Crippen molar-refractivity contribution >= 4 is 12.4 Å².